The molecule has 0 heterocycles. The number of carbonyl (C=O) groups excluding carboxylic acids is 1. The summed E-state index contributed by atoms with van der Waals surface area (Å²) in [5.41, 5.74) is 0. The predicted octanol–water partition coefficient (Wildman–Crippen LogP) is 1.84. The van der Waals surface area contributed by atoms with Gasteiger partial charge in [0.05, 0.1) is 6.61 Å². The van der Waals surface area contributed by atoms with Gasteiger partial charge in [0.2, 0.25) is 0 Å². The van der Waals surface area contributed by atoms with Crippen molar-refractivity contribution in [1.29, 1.82) is 0 Å². The van der Waals surface area contributed by atoms with Crippen molar-refractivity contribution < 1.29 is 9.53 Å². The summed E-state index contributed by atoms with van der Waals surface area (Å²) in [6.07, 6.45) is 4.41. The summed E-state index contributed by atoms with van der Waals surface area (Å²) < 4.78 is 4.85. The molecule has 0 radical (unpaired) electrons. The molecule has 0 saturated carbocycles. The first-order chi connectivity index (χ1) is 6.70. The van der Waals surface area contributed by atoms with E-state index in [1.807, 2.05) is 0 Å². The molecule has 3 nitrogen and oxygen atoms in total. The molecule has 0 aliphatic heterocycles. The Bertz CT molecular complexity index is 169. The van der Waals surface area contributed by atoms with E-state index >= 15 is 0 Å². The molecular formula is C11H21NO2. The minimum absolute atomic E-state index is 0.323. The van der Waals surface area contributed by atoms with E-state index in [4.69, 9.17) is 4.74 Å². The van der Waals surface area contributed by atoms with E-state index in [-0.39, 0.29) is 5.97 Å². The quantitative estimate of drug-likeness (QED) is 0.339. The van der Waals surface area contributed by atoms with Gasteiger partial charge in [0.25, 0.3) is 0 Å². The Labute approximate surface area is 86.7 Å². The van der Waals surface area contributed by atoms with Crippen LogP contribution in [0.25, 0.3) is 0 Å². The van der Waals surface area contributed by atoms with Crippen LogP contribution in [-0.2, 0) is 9.53 Å². The summed E-state index contributed by atoms with van der Waals surface area (Å²) >= 11 is 0. The van der Waals surface area contributed by atoms with Gasteiger partial charge in [0, 0.05) is 6.08 Å². The first-order valence-corrected chi connectivity index (χ1v) is 5.18. The van der Waals surface area contributed by atoms with Gasteiger partial charge < -0.3 is 9.64 Å². The molecule has 0 aromatic rings. The summed E-state index contributed by atoms with van der Waals surface area (Å²) in [4.78, 5) is 12.9. The lowest BCUT2D eigenvalue weighted by Crippen LogP contribution is -2.18. The second kappa shape index (κ2) is 8.75. The zero-order chi connectivity index (χ0) is 10.8. The number of hydrogen-bond acceptors (Lipinski definition) is 3. The third-order valence-corrected chi connectivity index (χ3v) is 2.13. The SMILES string of the molecule is C=CC(=O)OCCCCCN(C)CC. The number of carbonyl (C=O) groups is 1. The summed E-state index contributed by atoms with van der Waals surface area (Å²) in [5.74, 6) is -0.323. The number of rotatable bonds is 8. The third-order valence-electron chi connectivity index (χ3n) is 2.13. The Morgan fingerprint density at radius 1 is 1.43 bits per heavy atom. The molecule has 0 spiro atoms. The first kappa shape index (κ1) is 13.2. The number of unbranched alkanes of at least 4 members (excludes halogenated alkanes) is 2. The molecule has 0 N–H and O–H groups in total. The number of nitrogens with zero attached hydrogens (tertiary/aromatic N) is 1. The summed E-state index contributed by atoms with van der Waals surface area (Å²) in [6.45, 7) is 8.19. The summed E-state index contributed by atoms with van der Waals surface area (Å²) in [7, 11) is 2.11. The van der Waals surface area contributed by atoms with Gasteiger partial charge in [-0.25, -0.2) is 4.79 Å². The molecular weight excluding hydrogens is 178 g/mol. The van der Waals surface area contributed by atoms with Gasteiger partial charge >= 0.3 is 5.97 Å². The van der Waals surface area contributed by atoms with Crippen LogP contribution in [0.2, 0.25) is 0 Å². The van der Waals surface area contributed by atoms with Crippen LogP contribution < -0.4 is 0 Å². The fraction of sp³-hybridized carbons (Fsp3) is 0.727. The average molecular weight is 199 g/mol. The van der Waals surface area contributed by atoms with Crippen molar-refractivity contribution in [2.75, 3.05) is 26.7 Å². The minimum Gasteiger partial charge on any atom is -0.463 e. The van der Waals surface area contributed by atoms with Crippen molar-refractivity contribution in [1.82, 2.24) is 4.90 Å². The first-order valence-electron chi connectivity index (χ1n) is 5.18. The Hall–Kier alpha value is -0.830. The van der Waals surface area contributed by atoms with Crippen LogP contribution in [0.15, 0.2) is 12.7 Å². The van der Waals surface area contributed by atoms with Crippen molar-refractivity contribution in [2.24, 2.45) is 0 Å². The van der Waals surface area contributed by atoms with Gasteiger partial charge in [0.15, 0.2) is 0 Å². The van der Waals surface area contributed by atoms with Crippen molar-refractivity contribution >= 4 is 5.97 Å². The lowest BCUT2D eigenvalue weighted by Gasteiger charge is -2.12. The maximum atomic E-state index is 10.7. The third kappa shape index (κ3) is 7.80. The number of ether oxygens (including phenoxy) is 1. The summed E-state index contributed by atoms with van der Waals surface area (Å²) in [6, 6.07) is 0. The Kier molecular flexibility index (Phi) is 8.24. The zero-order valence-corrected chi connectivity index (χ0v) is 9.29. The lowest BCUT2D eigenvalue weighted by molar-refractivity contribution is -0.137. The normalized spacial score (nSPS) is 10.2. The number of hydrogen-bond donors (Lipinski definition) is 0. The molecule has 0 rings (SSSR count). The molecule has 0 saturated heterocycles. The molecule has 82 valence electrons. The van der Waals surface area contributed by atoms with Gasteiger partial charge in [-0.2, -0.15) is 0 Å². The van der Waals surface area contributed by atoms with Gasteiger partial charge in [-0.15, -0.1) is 0 Å². The molecule has 0 aromatic carbocycles. The molecule has 0 unspecified atom stereocenters. The Morgan fingerprint density at radius 2 is 2.14 bits per heavy atom. The second-order valence-electron chi connectivity index (χ2n) is 3.33. The van der Waals surface area contributed by atoms with Gasteiger partial charge in [-0.1, -0.05) is 13.5 Å². The van der Waals surface area contributed by atoms with Crippen molar-refractivity contribution in [3.8, 4) is 0 Å². The Morgan fingerprint density at radius 3 is 2.71 bits per heavy atom. The second-order valence-corrected chi connectivity index (χ2v) is 3.33. The largest absolute Gasteiger partial charge is 0.463 e. The van der Waals surface area contributed by atoms with E-state index in [1.54, 1.807) is 0 Å². The molecule has 0 aromatic heterocycles. The number of esters is 1. The zero-order valence-electron chi connectivity index (χ0n) is 9.29. The van der Waals surface area contributed by atoms with E-state index < -0.39 is 0 Å². The molecule has 0 atom stereocenters. The predicted molar refractivity (Wildman–Crippen MR) is 58.2 cm³/mol. The van der Waals surface area contributed by atoms with Gasteiger partial charge in [-0.3, -0.25) is 0 Å². The van der Waals surface area contributed by atoms with Crippen LogP contribution in [0.1, 0.15) is 26.2 Å². The Balaban J connectivity index is 3.14. The molecule has 0 amide bonds. The van der Waals surface area contributed by atoms with Crippen molar-refractivity contribution in [3.05, 3.63) is 12.7 Å². The highest BCUT2D eigenvalue weighted by molar-refractivity contribution is 5.81. The van der Waals surface area contributed by atoms with Crippen LogP contribution in [-0.4, -0.2) is 37.6 Å². The van der Waals surface area contributed by atoms with Crippen LogP contribution in [0.3, 0.4) is 0 Å². The highest BCUT2D eigenvalue weighted by Crippen LogP contribution is 1.98. The highest BCUT2D eigenvalue weighted by Gasteiger charge is 1.96. The topological polar surface area (TPSA) is 29.5 Å². The van der Waals surface area contributed by atoms with Crippen molar-refractivity contribution in [3.63, 3.8) is 0 Å². The molecule has 0 aliphatic rings. The van der Waals surface area contributed by atoms with Crippen LogP contribution in [0.4, 0.5) is 0 Å². The van der Waals surface area contributed by atoms with E-state index in [2.05, 4.69) is 25.5 Å². The molecule has 0 fully saturated rings. The van der Waals surface area contributed by atoms with Crippen LogP contribution in [0, 0.1) is 0 Å². The monoisotopic (exact) mass is 199 g/mol. The molecule has 0 bridgehead atoms. The van der Waals surface area contributed by atoms with Crippen LogP contribution in [0.5, 0.6) is 0 Å². The maximum Gasteiger partial charge on any atom is 0.330 e. The van der Waals surface area contributed by atoms with E-state index in [0.29, 0.717) is 6.61 Å². The van der Waals surface area contributed by atoms with Gasteiger partial charge in [0.1, 0.15) is 0 Å². The smallest absolute Gasteiger partial charge is 0.330 e. The van der Waals surface area contributed by atoms with E-state index in [1.165, 1.54) is 6.08 Å². The molecule has 14 heavy (non-hydrogen) atoms. The fourth-order valence-electron chi connectivity index (χ4n) is 1.05. The lowest BCUT2D eigenvalue weighted by atomic mass is 10.2. The minimum atomic E-state index is -0.323. The van der Waals surface area contributed by atoms with E-state index in [9.17, 15) is 4.79 Å². The standard InChI is InChI=1S/C11H21NO2/c1-4-11(13)14-10-8-6-7-9-12(3)5-2/h4H,1,5-10H2,2-3H3. The van der Waals surface area contributed by atoms with Crippen LogP contribution >= 0.6 is 0 Å². The molecule has 3 heteroatoms. The fourth-order valence-corrected chi connectivity index (χ4v) is 1.05. The molecule has 0 aliphatic carbocycles. The van der Waals surface area contributed by atoms with Crippen molar-refractivity contribution in [2.45, 2.75) is 26.2 Å². The summed E-state index contributed by atoms with van der Waals surface area (Å²) in [5, 5.41) is 0. The highest BCUT2D eigenvalue weighted by atomic mass is 16.5. The van der Waals surface area contributed by atoms with E-state index in [0.717, 1.165) is 32.4 Å². The average Bonchev–Trinajstić information content (AvgIpc) is 2.22. The van der Waals surface area contributed by atoms with Gasteiger partial charge in [-0.05, 0) is 39.4 Å². The maximum absolute atomic E-state index is 10.7.